The Balaban J connectivity index is 1.54. The Hall–Kier alpha value is -1.93. The third-order valence-corrected chi connectivity index (χ3v) is 4.63. The van der Waals surface area contributed by atoms with E-state index in [-0.39, 0.29) is 0 Å². The van der Waals surface area contributed by atoms with Crippen LogP contribution in [-0.4, -0.2) is 5.75 Å². The Morgan fingerprint density at radius 1 is 0.810 bits per heavy atom. The Morgan fingerprint density at radius 3 is 2.52 bits per heavy atom. The van der Waals surface area contributed by atoms with Crippen LogP contribution in [0.2, 0.25) is 0 Å². The molecule has 3 rings (SSSR count). The van der Waals surface area contributed by atoms with Crippen molar-refractivity contribution >= 4 is 28.2 Å². The van der Waals surface area contributed by atoms with Crippen molar-refractivity contribution in [3.8, 4) is 0 Å². The molecule has 0 aliphatic heterocycles. The van der Waals surface area contributed by atoms with Crippen molar-refractivity contribution in [2.75, 3.05) is 11.5 Å². The zero-order valence-electron chi connectivity index (χ0n) is 12.0. The van der Waals surface area contributed by atoms with Gasteiger partial charge in [-0.3, -0.25) is 0 Å². The molecule has 2 heteroatoms. The van der Waals surface area contributed by atoms with E-state index in [1.165, 1.54) is 27.7 Å². The van der Waals surface area contributed by atoms with Gasteiger partial charge in [0.05, 0.1) is 0 Å². The average molecular weight is 293 g/mol. The number of fused-ring (bicyclic) bond motifs is 1. The van der Waals surface area contributed by atoms with Crippen molar-refractivity contribution in [3.63, 3.8) is 0 Å². The summed E-state index contributed by atoms with van der Waals surface area (Å²) in [6, 6.07) is 23.4. The molecule has 0 unspecified atom stereocenters. The summed E-state index contributed by atoms with van der Waals surface area (Å²) in [5, 5.41) is 2.62. The van der Waals surface area contributed by atoms with Crippen LogP contribution in [0, 0.1) is 0 Å². The predicted molar refractivity (Wildman–Crippen MR) is 93.8 cm³/mol. The van der Waals surface area contributed by atoms with E-state index in [2.05, 4.69) is 54.6 Å². The molecule has 3 aromatic rings. The van der Waals surface area contributed by atoms with Crippen molar-refractivity contribution in [3.05, 3.63) is 72.3 Å². The van der Waals surface area contributed by atoms with Crippen LogP contribution < -0.4 is 5.73 Å². The molecule has 106 valence electrons. The van der Waals surface area contributed by atoms with Gasteiger partial charge in [-0.2, -0.15) is 0 Å². The Bertz CT molecular complexity index is 736. The van der Waals surface area contributed by atoms with Crippen molar-refractivity contribution in [2.45, 2.75) is 17.7 Å². The molecular weight excluding hydrogens is 274 g/mol. The molecule has 0 heterocycles. The number of nitrogen functional groups attached to an aromatic ring is 1. The Morgan fingerprint density at radius 2 is 1.67 bits per heavy atom. The Labute approximate surface area is 130 Å². The van der Waals surface area contributed by atoms with Crippen molar-refractivity contribution < 1.29 is 0 Å². The van der Waals surface area contributed by atoms with E-state index < -0.39 is 0 Å². The quantitative estimate of drug-likeness (QED) is 0.400. The highest BCUT2D eigenvalue weighted by atomic mass is 32.2. The first-order valence-corrected chi connectivity index (χ1v) is 8.26. The molecule has 2 N–H and O–H groups in total. The first kappa shape index (κ1) is 14.0. The minimum Gasteiger partial charge on any atom is -0.399 e. The summed E-state index contributed by atoms with van der Waals surface area (Å²) in [5.41, 5.74) is 7.99. The zero-order chi connectivity index (χ0) is 14.5. The minimum absolute atomic E-state index is 0.856. The summed E-state index contributed by atoms with van der Waals surface area (Å²) < 4.78 is 0. The Kier molecular flexibility index (Phi) is 4.46. The van der Waals surface area contributed by atoms with Gasteiger partial charge in [0.1, 0.15) is 0 Å². The van der Waals surface area contributed by atoms with Crippen LogP contribution in [0.5, 0.6) is 0 Å². The van der Waals surface area contributed by atoms with Crippen molar-refractivity contribution in [1.82, 2.24) is 0 Å². The number of benzene rings is 3. The fourth-order valence-electron chi connectivity index (χ4n) is 2.47. The van der Waals surface area contributed by atoms with Gasteiger partial charge in [-0.25, -0.2) is 0 Å². The van der Waals surface area contributed by atoms with Crippen LogP contribution in [-0.2, 0) is 6.42 Å². The summed E-state index contributed by atoms with van der Waals surface area (Å²) in [5.74, 6) is 1.13. The van der Waals surface area contributed by atoms with Gasteiger partial charge < -0.3 is 5.73 Å². The van der Waals surface area contributed by atoms with Crippen molar-refractivity contribution in [2.24, 2.45) is 0 Å². The number of thioether (sulfide) groups is 1. The molecule has 0 aromatic heterocycles. The van der Waals surface area contributed by atoms with Crippen LogP contribution >= 0.6 is 11.8 Å². The van der Waals surface area contributed by atoms with Gasteiger partial charge in [-0.15, -0.1) is 11.8 Å². The molecule has 0 radical (unpaired) electrons. The van der Waals surface area contributed by atoms with E-state index in [9.17, 15) is 0 Å². The molecule has 3 aromatic carbocycles. The highest BCUT2D eigenvalue weighted by Gasteiger charge is 1.98. The number of hydrogen-bond donors (Lipinski definition) is 1. The lowest BCUT2D eigenvalue weighted by molar-refractivity contribution is 0.933. The van der Waals surface area contributed by atoms with Crippen LogP contribution in [0.1, 0.15) is 12.0 Å². The summed E-state index contributed by atoms with van der Waals surface area (Å²) in [6.45, 7) is 0. The maximum absolute atomic E-state index is 5.80. The molecule has 1 nitrogen and oxygen atoms in total. The molecule has 21 heavy (non-hydrogen) atoms. The van der Waals surface area contributed by atoms with E-state index in [0.29, 0.717) is 0 Å². The van der Waals surface area contributed by atoms with Gasteiger partial charge in [0.25, 0.3) is 0 Å². The van der Waals surface area contributed by atoms with Crippen LogP contribution in [0.25, 0.3) is 10.8 Å². The number of nitrogens with two attached hydrogens (primary N) is 1. The second-order valence-electron chi connectivity index (χ2n) is 5.21. The van der Waals surface area contributed by atoms with Gasteiger partial charge in [0.15, 0.2) is 0 Å². The number of rotatable bonds is 5. The lowest BCUT2D eigenvalue weighted by Crippen LogP contribution is -1.90. The highest BCUT2D eigenvalue weighted by molar-refractivity contribution is 7.99. The first-order chi connectivity index (χ1) is 10.3. The third-order valence-electron chi connectivity index (χ3n) is 3.55. The van der Waals surface area contributed by atoms with E-state index in [4.69, 9.17) is 5.73 Å². The third kappa shape index (κ3) is 3.79. The monoisotopic (exact) mass is 293 g/mol. The van der Waals surface area contributed by atoms with Gasteiger partial charge >= 0.3 is 0 Å². The SMILES string of the molecule is Nc1cccc(CCCSc2ccc3ccccc3c2)c1. The molecule has 0 amide bonds. The molecule has 0 atom stereocenters. The zero-order valence-corrected chi connectivity index (χ0v) is 12.8. The molecule has 0 fully saturated rings. The molecule has 0 saturated carbocycles. The number of anilines is 1. The van der Waals surface area contributed by atoms with E-state index in [1.54, 1.807) is 0 Å². The van der Waals surface area contributed by atoms with Gasteiger partial charge in [0.2, 0.25) is 0 Å². The summed E-state index contributed by atoms with van der Waals surface area (Å²) >= 11 is 1.93. The van der Waals surface area contributed by atoms with Crippen LogP contribution in [0.4, 0.5) is 5.69 Å². The lowest BCUT2D eigenvalue weighted by Gasteiger charge is -2.05. The molecule has 0 spiro atoms. The van der Waals surface area contributed by atoms with Crippen LogP contribution in [0.3, 0.4) is 0 Å². The van der Waals surface area contributed by atoms with E-state index in [1.807, 2.05) is 23.9 Å². The summed E-state index contributed by atoms with van der Waals surface area (Å²) in [4.78, 5) is 1.35. The molecule has 0 aliphatic carbocycles. The second-order valence-corrected chi connectivity index (χ2v) is 6.37. The summed E-state index contributed by atoms with van der Waals surface area (Å²) in [7, 11) is 0. The molecule has 0 aliphatic rings. The topological polar surface area (TPSA) is 26.0 Å². The highest BCUT2D eigenvalue weighted by Crippen LogP contribution is 2.24. The maximum atomic E-state index is 5.80. The summed E-state index contributed by atoms with van der Waals surface area (Å²) in [6.07, 6.45) is 2.26. The first-order valence-electron chi connectivity index (χ1n) is 7.27. The minimum atomic E-state index is 0.856. The standard InChI is InChI=1S/C19H19NS/c20-18-9-3-5-15(13-18)6-4-12-21-19-11-10-16-7-1-2-8-17(16)14-19/h1-3,5,7-11,13-14H,4,6,12,20H2. The number of aryl methyl sites for hydroxylation is 1. The maximum Gasteiger partial charge on any atom is 0.0316 e. The van der Waals surface area contributed by atoms with Gasteiger partial charge in [-0.1, -0.05) is 42.5 Å². The largest absolute Gasteiger partial charge is 0.399 e. The number of hydrogen-bond acceptors (Lipinski definition) is 2. The average Bonchev–Trinajstić information content (AvgIpc) is 2.51. The van der Waals surface area contributed by atoms with Gasteiger partial charge in [0, 0.05) is 10.6 Å². The predicted octanol–water partition coefficient (Wildman–Crippen LogP) is 5.15. The lowest BCUT2D eigenvalue weighted by atomic mass is 10.1. The molecular formula is C19H19NS. The second kappa shape index (κ2) is 6.68. The van der Waals surface area contributed by atoms with Crippen LogP contribution in [0.15, 0.2) is 71.6 Å². The fourth-order valence-corrected chi connectivity index (χ4v) is 3.37. The van der Waals surface area contributed by atoms with E-state index in [0.717, 1.165) is 17.9 Å². The fraction of sp³-hybridized carbons (Fsp3) is 0.158. The normalized spacial score (nSPS) is 10.9. The van der Waals surface area contributed by atoms with Gasteiger partial charge in [-0.05, 0) is 59.2 Å². The molecule has 0 bridgehead atoms. The van der Waals surface area contributed by atoms with Crippen molar-refractivity contribution in [1.29, 1.82) is 0 Å². The smallest absolute Gasteiger partial charge is 0.0316 e. The van der Waals surface area contributed by atoms with E-state index >= 15 is 0 Å². The molecule has 0 saturated heterocycles.